The van der Waals surface area contributed by atoms with Gasteiger partial charge >= 0.3 is 6.18 Å². The molecule has 2 aromatic rings. The van der Waals surface area contributed by atoms with Gasteiger partial charge in [-0.15, -0.1) is 0 Å². The molecule has 0 amide bonds. The molecule has 1 fully saturated rings. The lowest BCUT2D eigenvalue weighted by molar-refractivity contribution is -0.138. The van der Waals surface area contributed by atoms with Crippen LogP contribution in [0.4, 0.5) is 18.9 Å². The Balaban J connectivity index is 1.55. The summed E-state index contributed by atoms with van der Waals surface area (Å²) in [6.45, 7) is 7.42. The van der Waals surface area contributed by atoms with Crippen molar-refractivity contribution in [3.63, 3.8) is 0 Å². The van der Waals surface area contributed by atoms with Gasteiger partial charge < -0.3 is 4.90 Å². The van der Waals surface area contributed by atoms with Crippen molar-refractivity contribution >= 4 is 17.7 Å². The highest BCUT2D eigenvalue weighted by molar-refractivity contribution is 6.36. The van der Waals surface area contributed by atoms with E-state index in [0.29, 0.717) is 17.2 Å². The fourth-order valence-electron chi connectivity index (χ4n) is 4.87. The van der Waals surface area contributed by atoms with Crippen molar-refractivity contribution in [2.45, 2.75) is 26.6 Å². The SMILES string of the molecule is Cc1ccc(C)c(C#CC2=CN=C3C=NC=C[N+]23c2ccc(CN3CCN(C)CC3)c(C(F)(F)F)c2)c1. The van der Waals surface area contributed by atoms with Crippen LogP contribution in [0, 0.1) is 25.7 Å². The van der Waals surface area contributed by atoms with Gasteiger partial charge in [0, 0.05) is 50.4 Å². The van der Waals surface area contributed by atoms with Crippen molar-refractivity contribution in [2.75, 3.05) is 33.2 Å². The van der Waals surface area contributed by atoms with Crippen LogP contribution in [0.2, 0.25) is 0 Å². The van der Waals surface area contributed by atoms with Gasteiger partial charge in [-0.3, -0.25) is 9.89 Å². The Labute approximate surface area is 215 Å². The first-order valence-electron chi connectivity index (χ1n) is 12.3. The Morgan fingerprint density at radius 1 is 1.00 bits per heavy atom. The van der Waals surface area contributed by atoms with E-state index >= 15 is 0 Å². The summed E-state index contributed by atoms with van der Waals surface area (Å²) >= 11 is 0. The zero-order valence-corrected chi connectivity index (χ0v) is 21.2. The maximum absolute atomic E-state index is 14.4. The predicted octanol–water partition coefficient (Wildman–Crippen LogP) is 5.24. The number of hydrogen-bond donors (Lipinski definition) is 0. The van der Waals surface area contributed by atoms with Crippen molar-refractivity contribution < 1.29 is 13.2 Å². The first-order valence-corrected chi connectivity index (χ1v) is 12.3. The number of halogens is 3. The van der Waals surface area contributed by atoms with Crippen LogP contribution >= 0.6 is 0 Å². The fraction of sp³-hybridized carbons (Fsp3) is 0.310. The van der Waals surface area contributed by atoms with E-state index in [4.69, 9.17) is 0 Å². The topological polar surface area (TPSA) is 31.2 Å². The second-order valence-corrected chi connectivity index (χ2v) is 9.79. The summed E-state index contributed by atoms with van der Waals surface area (Å²) in [6, 6.07) is 10.7. The van der Waals surface area contributed by atoms with Gasteiger partial charge in [-0.2, -0.15) is 22.6 Å². The number of alkyl halides is 3. The van der Waals surface area contributed by atoms with Crippen molar-refractivity contribution in [3.05, 3.63) is 88.5 Å². The molecule has 2 aromatic carbocycles. The van der Waals surface area contributed by atoms with Crippen LogP contribution in [-0.4, -0.2) is 55.1 Å². The summed E-state index contributed by atoms with van der Waals surface area (Å²) in [6.07, 6.45) is 2.04. The average Bonchev–Trinajstić information content (AvgIpc) is 3.25. The molecular formula is C29H29F3N5+. The van der Waals surface area contributed by atoms with Gasteiger partial charge in [0.25, 0.3) is 5.84 Å². The van der Waals surface area contributed by atoms with E-state index in [1.807, 2.05) is 39.1 Å². The van der Waals surface area contributed by atoms with Crippen molar-refractivity contribution in [3.8, 4) is 11.8 Å². The van der Waals surface area contributed by atoms with Crippen LogP contribution in [0.25, 0.3) is 0 Å². The van der Waals surface area contributed by atoms with Gasteiger partial charge in [0.1, 0.15) is 24.3 Å². The third kappa shape index (κ3) is 4.90. The van der Waals surface area contributed by atoms with E-state index in [2.05, 4.69) is 31.6 Å². The molecule has 0 saturated carbocycles. The summed E-state index contributed by atoms with van der Waals surface area (Å²) in [4.78, 5) is 12.9. The third-order valence-electron chi connectivity index (χ3n) is 7.14. The van der Waals surface area contributed by atoms with E-state index < -0.39 is 11.7 Å². The molecule has 0 aromatic heterocycles. The molecule has 3 aliphatic rings. The Bertz CT molecular complexity index is 1400. The number of quaternary nitrogens is 1. The number of likely N-dealkylation sites (N-methyl/N-ethyl adjacent to an activating group) is 1. The number of aliphatic imine (C=N–C) groups is 2. The molecular weight excluding hydrogens is 475 g/mol. The van der Waals surface area contributed by atoms with E-state index in [9.17, 15) is 13.2 Å². The fourth-order valence-corrected chi connectivity index (χ4v) is 4.87. The van der Waals surface area contributed by atoms with E-state index in [0.717, 1.165) is 42.9 Å². The molecule has 37 heavy (non-hydrogen) atoms. The van der Waals surface area contributed by atoms with Crippen LogP contribution in [0.15, 0.2) is 70.7 Å². The molecule has 0 radical (unpaired) electrons. The molecule has 3 aliphatic heterocycles. The molecule has 190 valence electrons. The lowest BCUT2D eigenvalue weighted by Gasteiger charge is -2.33. The number of rotatable bonds is 3. The second kappa shape index (κ2) is 9.75. The number of benzene rings is 2. The molecule has 0 bridgehead atoms. The van der Waals surface area contributed by atoms with Gasteiger partial charge in [0.05, 0.1) is 11.8 Å². The van der Waals surface area contributed by atoms with Crippen LogP contribution in [0.1, 0.15) is 27.8 Å². The van der Waals surface area contributed by atoms with Gasteiger partial charge in [0.15, 0.2) is 0 Å². The quantitative estimate of drug-likeness (QED) is 0.423. The number of amidine groups is 1. The molecule has 0 aliphatic carbocycles. The number of fused-ring (bicyclic) bond motifs is 1. The summed E-state index contributed by atoms with van der Waals surface area (Å²) < 4.78 is 42.9. The monoisotopic (exact) mass is 504 g/mol. The van der Waals surface area contributed by atoms with E-state index in [1.54, 1.807) is 36.9 Å². The zero-order valence-electron chi connectivity index (χ0n) is 21.2. The van der Waals surface area contributed by atoms with Crippen molar-refractivity contribution in [1.82, 2.24) is 14.3 Å². The smallest absolute Gasteiger partial charge is 0.304 e. The predicted molar refractivity (Wildman–Crippen MR) is 142 cm³/mol. The second-order valence-electron chi connectivity index (χ2n) is 9.79. The van der Waals surface area contributed by atoms with Gasteiger partial charge in [-0.1, -0.05) is 24.1 Å². The molecule has 5 rings (SSSR count). The Morgan fingerprint density at radius 2 is 1.78 bits per heavy atom. The standard InChI is InChI=1S/C29H29F3N5/c1-21-4-5-22(2)23(16-21)6-9-26-18-34-28-19-33-10-15-37(26,28)25-8-7-24(27(17-25)29(30,31)32)20-36-13-11-35(3)12-14-36/h4-5,7-8,10,15-19H,11-14,20H2,1-3H3/q+1. The van der Waals surface area contributed by atoms with Crippen molar-refractivity contribution in [1.29, 1.82) is 0 Å². The van der Waals surface area contributed by atoms with E-state index in [1.165, 1.54) is 6.07 Å². The minimum atomic E-state index is -4.49. The molecule has 0 spiro atoms. The van der Waals surface area contributed by atoms with Gasteiger partial charge in [-0.25, -0.2) is 0 Å². The summed E-state index contributed by atoms with van der Waals surface area (Å²) in [5, 5.41) is 0. The molecule has 0 N–H and O–H groups in total. The Morgan fingerprint density at radius 3 is 2.54 bits per heavy atom. The van der Waals surface area contributed by atoms with Crippen molar-refractivity contribution in [2.24, 2.45) is 9.98 Å². The first-order chi connectivity index (χ1) is 17.7. The zero-order chi connectivity index (χ0) is 26.2. The summed E-state index contributed by atoms with van der Waals surface area (Å²) in [5.41, 5.74) is 3.65. The highest BCUT2D eigenvalue weighted by Crippen LogP contribution is 2.41. The van der Waals surface area contributed by atoms with Gasteiger partial charge in [-0.05, 0) is 49.6 Å². The number of aryl methyl sites for hydroxylation is 2. The highest BCUT2D eigenvalue weighted by Gasteiger charge is 2.45. The minimum Gasteiger partial charge on any atom is -0.304 e. The number of nitrogens with zero attached hydrogens (tertiary/aromatic N) is 5. The largest absolute Gasteiger partial charge is 0.416 e. The molecule has 3 heterocycles. The molecule has 1 unspecified atom stereocenters. The average molecular weight is 505 g/mol. The molecule has 1 atom stereocenters. The lowest BCUT2D eigenvalue weighted by atomic mass is 10.0. The Kier molecular flexibility index (Phi) is 6.63. The molecule has 8 heteroatoms. The van der Waals surface area contributed by atoms with Crippen LogP contribution in [-0.2, 0) is 12.7 Å². The lowest BCUT2D eigenvalue weighted by Crippen LogP contribution is -2.48. The number of allylic oxidation sites excluding steroid dienone is 1. The summed E-state index contributed by atoms with van der Waals surface area (Å²) in [7, 11) is 2.03. The normalized spacial score (nSPS) is 21.8. The maximum Gasteiger partial charge on any atom is 0.416 e. The minimum absolute atomic E-state index is 0.126. The molecule has 5 nitrogen and oxygen atoms in total. The van der Waals surface area contributed by atoms with Crippen LogP contribution in [0.5, 0.6) is 0 Å². The van der Waals surface area contributed by atoms with Crippen LogP contribution < -0.4 is 4.48 Å². The Hall–Kier alpha value is -3.51. The van der Waals surface area contributed by atoms with Crippen LogP contribution in [0.3, 0.4) is 0 Å². The van der Waals surface area contributed by atoms with Gasteiger partial charge in [0.2, 0.25) is 5.70 Å². The highest BCUT2D eigenvalue weighted by atomic mass is 19.4. The first kappa shape index (κ1) is 25.2. The van der Waals surface area contributed by atoms with E-state index in [-0.39, 0.29) is 16.6 Å². The molecule has 1 saturated heterocycles. The third-order valence-corrected chi connectivity index (χ3v) is 7.14. The maximum atomic E-state index is 14.4. The number of piperazine rings is 1. The summed E-state index contributed by atoms with van der Waals surface area (Å²) in [5.74, 6) is 6.93. The number of hydrogen-bond acceptors (Lipinski definition) is 4.